The highest BCUT2D eigenvalue weighted by atomic mass is 16.7. The maximum Gasteiger partial charge on any atom is 0.323 e. The number of hydrogen-bond acceptors (Lipinski definition) is 7. The summed E-state index contributed by atoms with van der Waals surface area (Å²) in [5.41, 5.74) is 2.98. The zero-order chi connectivity index (χ0) is 21.0. The molecule has 31 heavy (non-hydrogen) atoms. The van der Waals surface area contributed by atoms with Gasteiger partial charge in [-0.15, -0.1) is 10.2 Å². The molecule has 1 fully saturated rings. The van der Waals surface area contributed by atoms with Crippen molar-refractivity contribution in [2.45, 2.75) is 0 Å². The normalized spacial score (nSPS) is 14.9. The second kappa shape index (κ2) is 8.49. The molecule has 2 N–H and O–H groups in total. The van der Waals surface area contributed by atoms with E-state index < -0.39 is 0 Å². The minimum Gasteiger partial charge on any atom is -0.454 e. The Bertz CT molecular complexity index is 1070. The van der Waals surface area contributed by atoms with Crippen molar-refractivity contribution in [1.82, 2.24) is 10.2 Å². The van der Waals surface area contributed by atoms with Crippen molar-refractivity contribution in [3.05, 3.63) is 54.6 Å². The van der Waals surface area contributed by atoms with Crippen LogP contribution in [0.2, 0.25) is 0 Å². The van der Waals surface area contributed by atoms with Crippen LogP contribution in [0.25, 0.3) is 11.3 Å². The molecular weight excluding hydrogens is 398 g/mol. The Morgan fingerprint density at radius 1 is 0.839 bits per heavy atom. The average Bonchev–Trinajstić information content (AvgIpc) is 3.28. The molecular formula is C22H21N5O4. The third-order valence-corrected chi connectivity index (χ3v) is 5.05. The van der Waals surface area contributed by atoms with Crippen LogP contribution in [0.5, 0.6) is 11.5 Å². The molecule has 2 aliphatic rings. The third-order valence-electron chi connectivity index (χ3n) is 5.05. The molecule has 9 heteroatoms. The molecule has 2 amide bonds. The smallest absolute Gasteiger partial charge is 0.323 e. The van der Waals surface area contributed by atoms with Crippen LogP contribution < -0.4 is 25.0 Å². The minimum absolute atomic E-state index is 0.192. The summed E-state index contributed by atoms with van der Waals surface area (Å²) in [5.74, 6) is 2.14. The van der Waals surface area contributed by atoms with Gasteiger partial charge in [-0.3, -0.25) is 0 Å². The lowest BCUT2D eigenvalue weighted by Crippen LogP contribution is -2.36. The highest BCUT2D eigenvalue weighted by Gasteiger charge is 2.15. The van der Waals surface area contributed by atoms with Gasteiger partial charge in [0.2, 0.25) is 6.79 Å². The highest BCUT2D eigenvalue weighted by molar-refractivity contribution is 6.00. The molecule has 9 nitrogen and oxygen atoms in total. The molecule has 2 aromatic carbocycles. The lowest BCUT2D eigenvalue weighted by molar-refractivity contribution is 0.122. The van der Waals surface area contributed by atoms with E-state index in [4.69, 9.17) is 14.2 Å². The molecule has 0 saturated carbocycles. The van der Waals surface area contributed by atoms with Crippen LogP contribution in [-0.2, 0) is 4.74 Å². The van der Waals surface area contributed by atoms with Gasteiger partial charge in [-0.25, -0.2) is 4.79 Å². The number of rotatable bonds is 4. The quantitative estimate of drug-likeness (QED) is 0.669. The van der Waals surface area contributed by atoms with Gasteiger partial charge in [0.05, 0.1) is 18.9 Å². The minimum atomic E-state index is -0.346. The second-order valence-electron chi connectivity index (χ2n) is 7.10. The number of amides is 2. The molecule has 1 saturated heterocycles. The van der Waals surface area contributed by atoms with E-state index >= 15 is 0 Å². The van der Waals surface area contributed by atoms with Gasteiger partial charge in [-0.2, -0.15) is 0 Å². The zero-order valence-corrected chi connectivity index (χ0v) is 16.7. The van der Waals surface area contributed by atoms with Gasteiger partial charge in [0.1, 0.15) is 0 Å². The molecule has 0 radical (unpaired) electrons. The Morgan fingerprint density at radius 3 is 2.35 bits per heavy atom. The summed E-state index contributed by atoms with van der Waals surface area (Å²) in [7, 11) is 0. The predicted molar refractivity (Wildman–Crippen MR) is 116 cm³/mol. The molecule has 0 spiro atoms. The molecule has 5 rings (SSSR count). The Kier molecular flexibility index (Phi) is 5.24. The van der Waals surface area contributed by atoms with Gasteiger partial charge >= 0.3 is 6.03 Å². The van der Waals surface area contributed by atoms with E-state index in [9.17, 15) is 4.79 Å². The highest BCUT2D eigenvalue weighted by Crippen LogP contribution is 2.34. The summed E-state index contributed by atoms with van der Waals surface area (Å²) in [5, 5.41) is 14.3. The average molecular weight is 419 g/mol. The van der Waals surface area contributed by atoms with Crippen molar-refractivity contribution in [2.24, 2.45) is 0 Å². The van der Waals surface area contributed by atoms with Crippen LogP contribution in [-0.4, -0.2) is 49.3 Å². The van der Waals surface area contributed by atoms with Crippen molar-refractivity contribution in [3.8, 4) is 22.8 Å². The number of aromatic nitrogens is 2. The molecule has 0 aliphatic carbocycles. The van der Waals surface area contributed by atoms with Crippen molar-refractivity contribution < 1.29 is 19.0 Å². The van der Waals surface area contributed by atoms with Crippen LogP contribution >= 0.6 is 0 Å². The standard InChI is InChI=1S/C22H21N5O4/c28-22(24-17-5-7-19-20(13-17)31-14-30-19)23-16-3-1-15(2-4-16)18-6-8-21(26-25-18)27-9-11-29-12-10-27/h1-8,13H,9-12,14H2,(H2,23,24,28). The number of anilines is 3. The lowest BCUT2D eigenvalue weighted by atomic mass is 10.1. The Balaban J connectivity index is 1.20. The Hall–Kier alpha value is -3.85. The van der Waals surface area contributed by atoms with Gasteiger partial charge in [0, 0.05) is 36.1 Å². The number of benzene rings is 2. The monoisotopic (exact) mass is 419 g/mol. The Labute approximate surface area is 178 Å². The van der Waals surface area contributed by atoms with E-state index in [-0.39, 0.29) is 12.8 Å². The number of hydrogen-bond donors (Lipinski definition) is 2. The fourth-order valence-corrected chi connectivity index (χ4v) is 3.43. The number of morpholine rings is 1. The topological polar surface area (TPSA) is 97.8 Å². The zero-order valence-electron chi connectivity index (χ0n) is 16.7. The number of fused-ring (bicyclic) bond motifs is 1. The SMILES string of the molecule is O=C(Nc1ccc(-c2ccc(N3CCOCC3)nn2)cc1)Nc1ccc2c(c1)OCO2. The van der Waals surface area contributed by atoms with Gasteiger partial charge in [0.15, 0.2) is 17.3 Å². The molecule has 2 aliphatic heterocycles. The lowest BCUT2D eigenvalue weighted by Gasteiger charge is -2.27. The number of carbonyl (C=O) groups excluding carboxylic acids is 1. The van der Waals surface area contributed by atoms with Gasteiger partial charge in [-0.05, 0) is 36.4 Å². The number of nitrogens with one attached hydrogen (secondary N) is 2. The summed E-state index contributed by atoms with van der Waals surface area (Å²) in [4.78, 5) is 14.5. The van der Waals surface area contributed by atoms with E-state index in [0.717, 1.165) is 30.2 Å². The van der Waals surface area contributed by atoms with E-state index in [2.05, 4.69) is 25.7 Å². The fourth-order valence-electron chi connectivity index (χ4n) is 3.43. The van der Waals surface area contributed by atoms with Crippen molar-refractivity contribution in [2.75, 3.05) is 48.6 Å². The van der Waals surface area contributed by atoms with Crippen LogP contribution in [0, 0.1) is 0 Å². The first-order chi connectivity index (χ1) is 15.2. The molecule has 1 aromatic heterocycles. The molecule has 158 valence electrons. The van der Waals surface area contributed by atoms with E-state index in [1.54, 1.807) is 18.2 Å². The van der Waals surface area contributed by atoms with Crippen LogP contribution in [0.4, 0.5) is 22.0 Å². The third kappa shape index (κ3) is 4.36. The van der Waals surface area contributed by atoms with E-state index in [1.165, 1.54) is 0 Å². The number of ether oxygens (including phenoxy) is 3. The summed E-state index contributed by atoms with van der Waals surface area (Å²) >= 11 is 0. The first-order valence-electron chi connectivity index (χ1n) is 9.99. The van der Waals surface area contributed by atoms with Crippen molar-refractivity contribution >= 4 is 23.2 Å². The molecule has 0 unspecified atom stereocenters. The maximum atomic E-state index is 12.3. The van der Waals surface area contributed by atoms with E-state index in [0.29, 0.717) is 36.1 Å². The summed E-state index contributed by atoms with van der Waals surface area (Å²) in [6.45, 7) is 3.25. The predicted octanol–water partition coefficient (Wildman–Crippen LogP) is 3.35. The number of nitrogens with zero attached hydrogens (tertiary/aromatic N) is 3. The molecule has 0 bridgehead atoms. The fraction of sp³-hybridized carbons (Fsp3) is 0.227. The first kappa shape index (κ1) is 19.1. The van der Waals surface area contributed by atoms with E-state index in [1.807, 2.05) is 36.4 Å². The summed E-state index contributed by atoms with van der Waals surface area (Å²) in [6, 6.07) is 16.3. The van der Waals surface area contributed by atoms with Crippen LogP contribution in [0.3, 0.4) is 0 Å². The molecule has 3 heterocycles. The largest absolute Gasteiger partial charge is 0.454 e. The maximum absolute atomic E-state index is 12.3. The van der Waals surface area contributed by atoms with Gasteiger partial charge in [-0.1, -0.05) is 12.1 Å². The van der Waals surface area contributed by atoms with Gasteiger partial charge in [0.25, 0.3) is 0 Å². The number of urea groups is 1. The van der Waals surface area contributed by atoms with Crippen LogP contribution in [0.1, 0.15) is 0 Å². The molecule has 0 atom stereocenters. The second-order valence-corrected chi connectivity index (χ2v) is 7.10. The van der Waals surface area contributed by atoms with Crippen LogP contribution in [0.15, 0.2) is 54.6 Å². The van der Waals surface area contributed by atoms with Crippen molar-refractivity contribution in [1.29, 1.82) is 0 Å². The summed E-state index contributed by atoms with van der Waals surface area (Å²) < 4.78 is 16.0. The Morgan fingerprint density at radius 2 is 1.58 bits per heavy atom. The van der Waals surface area contributed by atoms with Crippen molar-refractivity contribution in [3.63, 3.8) is 0 Å². The first-order valence-corrected chi connectivity index (χ1v) is 9.99. The number of carbonyl (C=O) groups is 1. The molecule has 3 aromatic rings. The van der Waals surface area contributed by atoms with Gasteiger partial charge < -0.3 is 29.7 Å². The summed E-state index contributed by atoms with van der Waals surface area (Å²) in [6.07, 6.45) is 0.